The normalized spacial score (nSPS) is 13.0. The van der Waals surface area contributed by atoms with Crippen molar-refractivity contribution in [3.63, 3.8) is 0 Å². The largest absolute Gasteiger partial charge is 0.324 e. The second-order valence-electron chi connectivity index (χ2n) is 2.66. The molecule has 0 aliphatic rings. The maximum Gasteiger partial charge on any atom is 0.146 e. The molecular formula is C9H11ClFN. The minimum Gasteiger partial charge on any atom is -0.324 e. The fourth-order valence-corrected chi connectivity index (χ4v) is 1.21. The quantitative estimate of drug-likeness (QED) is 0.757. The molecule has 12 heavy (non-hydrogen) atoms. The van der Waals surface area contributed by atoms with E-state index >= 15 is 0 Å². The first kappa shape index (κ1) is 9.49. The van der Waals surface area contributed by atoms with Gasteiger partial charge in [0.15, 0.2) is 0 Å². The van der Waals surface area contributed by atoms with Crippen LogP contribution in [-0.2, 0) is 0 Å². The van der Waals surface area contributed by atoms with E-state index < -0.39 is 5.82 Å². The van der Waals surface area contributed by atoms with Gasteiger partial charge in [-0.3, -0.25) is 0 Å². The highest BCUT2D eigenvalue weighted by Crippen LogP contribution is 2.23. The maximum atomic E-state index is 13.2. The van der Waals surface area contributed by atoms with E-state index in [1.807, 2.05) is 6.92 Å². The molecule has 1 aromatic carbocycles. The summed E-state index contributed by atoms with van der Waals surface area (Å²) in [4.78, 5) is 0. The monoisotopic (exact) mass is 187 g/mol. The van der Waals surface area contributed by atoms with E-state index in [0.29, 0.717) is 12.0 Å². The summed E-state index contributed by atoms with van der Waals surface area (Å²) in [7, 11) is 0. The standard InChI is InChI=1S/C9H11ClFN/c1-2-8(12)6-4-3-5-7(10)9(6)11/h3-5,8H,2,12H2,1H3/t8-/m1/s1. The van der Waals surface area contributed by atoms with Crippen LogP contribution in [0.2, 0.25) is 5.02 Å². The zero-order valence-electron chi connectivity index (χ0n) is 6.85. The van der Waals surface area contributed by atoms with Gasteiger partial charge in [-0.15, -0.1) is 0 Å². The summed E-state index contributed by atoms with van der Waals surface area (Å²) in [6, 6.07) is 4.62. The Morgan fingerprint density at radius 3 is 2.83 bits per heavy atom. The number of hydrogen-bond donors (Lipinski definition) is 1. The summed E-state index contributed by atoms with van der Waals surface area (Å²) in [5, 5.41) is 0.136. The van der Waals surface area contributed by atoms with Gasteiger partial charge in [0.05, 0.1) is 5.02 Å². The van der Waals surface area contributed by atoms with Gasteiger partial charge in [-0.25, -0.2) is 4.39 Å². The topological polar surface area (TPSA) is 26.0 Å². The first-order valence-corrected chi connectivity index (χ1v) is 4.24. The van der Waals surface area contributed by atoms with Crippen LogP contribution >= 0.6 is 11.6 Å². The molecule has 0 saturated carbocycles. The van der Waals surface area contributed by atoms with Crippen LogP contribution in [0.15, 0.2) is 18.2 Å². The van der Waals surface area contributed by atoms with Crippen molar-refractivity contribution in [2.75, 3.05) is 0 Å². The van der Waals surface area contributed by atoms with E-state index in [0.717, 1.165) is 0 Å². The third kappa shape index (κ3) is 1.76. The highest BCUT2D eigenvalue weighted by molar-refractivity contribution is 6.30. The molecule has 0 unspecified atom stereocenters. The van der Waals surface area contributed by atoms with Crippen molar-refractivity contribution in [3.05, 3.63) is 34.6 Å². The lowest BCUT2D eigenvalue weighted by atomic mass is 10.1. The molecule has 1 nitrogen and oxygen atoms in total. The molecule has 1 atom stereocenters. The van der Waals surface area contributed by atoms with Crippen molar-refractivity contribution in [1.29, 1.82) is 0 Å². The van der Waals surface area contributed by atoms with E-state index in [4.69, 9.17) is 17.3 Å². The Bertz CT molecular complexity index is 275. The molecule has 0 amide bonds. The second kappa shape index (κ2) is 3.87. The SMILES string of the molecule is CC[C@@H](N)c1cccc(Cl)c1F. The fraction of sp³-hybridized carbons (Fsp3) is 0.333. The average molecular weight is 188 g/mol. The first-order valence-electron chi connectivity index (χ1n) is 3.86. The third-order valence-corrected chi connectivity index (χ3v) is 2.11. The summed E-state index contributed by atoms with van der Waals surface area (Å²) >= 11 is 5.58. The molecule has 2 N–H and O–H groups in total. The molecule has 0 bridgehead atoms. The number of nitrogens with two attached hydrogens (primary N) is 1. The predicted octanol–water partition coefficient (Wildman–Crippen LogP) is 2.89. The number of halogens is 2. The van der Waals surface area contributed by atoms with Gasteiger partial charge in [-0.05, 0) is 12.5 Å². The molecule has 1 rings (SSSR count). The summed E-state index contributed by atoms with van der Waals surface area (Å²) in [6.45, 7) is 1.91. The maximum absolute atomic E-state index is 13.2. The Balaban J connectivity index is 3.07. The average Bonchev–Trinajstić information content (AvgIpc) is 2.08. The van der Waals surface area contributed by atoms with Gasteiger partial charge in [0.1, 0.15) is 5.82 Å². The van der Waals surface area contributed by atoms with Crippen LogP contribution in [0.3, 0.4) is 0 Å². The molecule has 1 aromatic rings. The predicted molar refractivity (Wildman–Crippen MR) is 48.6 cm³/mol. The lowest BCUT2D eigenvalue weighted by Gasteiger charge is -2.10. The Kier molecular flexibility index (Phi) is 3.06. The van der Waals surface area contributed by atoms with Crippen molar-refractivity contribution >= 4 is 11.6 Å². The van der Waals surface area contributed by atoms with E-state index in [2.05, 4.69) is 0 Å². The molecule has 0 radical (unpaired) electrons. The lowest BCUT2D eigenvalue weighted by Crippen LogP contribution is -2.10. The third-order valence-electron chi connectivity index (χ3n) is 1.82. The Hall–Kier alpha value is -0.600. The van der Waals surface area contributed by atoms with E-state index in [-0.39, 0.29) is 11.1 Å². The smallest absolute Gasteiger partial charge is 0.146 e. The van der Waals surface area contributed by atoms with E-state index in [1.165, 1.54) is 6.07 Å². The molecular weight excluding hydrogens is 177 g/mol. The van der Waals surface area contributed by atoms with Gasteiger partial charge in [0.25, 0.3) is 0 Å². The van der Waals surface area contributed by atoms with Crippen LogP contribution in [0.5, 0.6) is 0 Å². The minimum absolute atomic E-state index is 0.136. The van der Waals surface area contributed by atoms with Crippen LogP contribution in [0.1, 0.15) is 24.9 Å². The Morgan fingerprint density at radius 1 is 1.58 bits per heavy atom. The van der Waals surface area contributed by atoms with Gasteiger partial charge in [0, 0.05) is 11.6 Å². The molecule has 0 spiro atoms. The van der Waals surface area contributed by atoms with Gasteiger partial charge in [-0.1, -0.05) is 30.7 Å². The minimum atomic E-state index is -0.395. The molecule has 0 aliphatic heterocycles. The van der Waals surface area contributed by atoms with Crippen LogP contribution in [0.4, 0.5) is 4.39 Å². The molecule has 0 aliphatic carbocycles. The van der Waals surface area contributed by atoms with Crippen molar-refractivity contribution in [2.24, 2.45) is 5.73 Å². The van der Waals surface area contributed by atoms with E-state index in [9.17, 15) is 4.39 Å². The van der Waals surface area contributed by atoms with Crippen molar-refractivity contribution in [3.8, 4) is 0 Å². The summed E-state index contributed by atoms with van der Waals surface area (Å²) in [6.07, 6.45) is 0.706. The molecule has 0 fully saturated rings. The van der Waals surface area contributed by atoms with Crippen LogP contribution in [0.25, 0.3) is 0 Å². The van der Waals surface area contributed by atoms with Crippen molar-refractivity contribution in [2.45, 2.75) is 19.4 Å². The molecule has 66 valence electrons. The highest BCUT2D eigenvalue weighted by Gasteiger charge is 2.11. The van der Waals surface area contributed by atoms with Gasteiger partial charge >= 0.3 is 0 Å². The van der Waals surface area contributed by atoms with Gasteiger partial charge in [0.2, 0.25) is 0 Å². The number of hydrogen-bond acceptors (Lipinski definition) is 1. The molecule has 0 saturated heterocycles. The van der Waals surface area contributed by atoms with Crippen LogP contribution in [-0.4, -0.2) is 0 Å². The highest BCUT2D eigenvalue weighted by atomic mass is 35.5. The van der Waals surface area contributed by atoms with Crippen molar-refractivity contribution in [1.82, 2.24) is 0 Å². The molecule has 0 heterocycles. The number of benzene rings is 1. The zero-order chi connectivity index (χ0) is 9.14. The Labute approximate surface area is 76.3 Å². The summed E-state index contributed by atoms with van der Waals surface area (Å²) in [5.41, 5.74) is 6.16. The summed E-state index contributed by atoms with van der Waals surface area (Å²) < 4.78 is 13.2. The first-order chi connectivity index (χ1) is 5.66. The Morgan fingerprint density at radius 2 is 2.25 bits per heavy atom. The lowest BCUT2D eigenvalue weighted by molar-refractivity contribution is 0.576. The zero-order valence-corrected chi connectivity index (χ0v) is 7.61. The van der Waals surface area contributed by atoms with Crippen LogP contribution in [0, 0.1) is 5.82 Å². The van der Waals surface area contributed by atoms with E-state index in [1.54, 1.807) is 12.1 Å². The second-order valence-corrected chi connectivity index (χ2v) is 3.06. The summed E-state index contributed by atoms with van der Waals surface area (Å²) in [5.74, 6) is -0.395. The van der Waals surface area contributed by atoms with Crippen molar-refractivity contribution < 1.29 is 4.39 Å². The molecule has 0 aromatic heterocycles. The van der Waals surface area contributed by atoms with Crippen LogP contribution < -0.4 is 5.73 Å². The molecule has 3 heteroatoms. The van der Waals surface area contributed by atoms with Gasteiger partial charge in [-0.2, -0.15) is 0 Å². The number of rotatable bonds is 2. The fourth-order valence-electron chi connectivity index (χ4n) is 1.03. The van der Waals surface area contributed by atoms with Gasteiger partial charge < -0.3 is 5.73 Å².